The zero-order valence-electron chi connectivity index (χ0n) is 18.0. The van der Waals surface area contributed by atoms with Gasteiger partial charge in [0, 0.05) is 17.2 Å². The van der Waals surface area contributed by atoms with Gasteiger partial charge in [0.25, 0.3) is 0 Å². The summed E-state index contributed by atoms with van der Waals surface area (Å²) in [5.74, 6) is 0.188. The third kappa shape index (κ3) is 3.47. The van der Waals surface area contributed by atoms with Crippen molar-refractivity contribution in [2.75, 3.05) is 6.54 Å². The molecule has 0 aromatic heterocycles. The summed E-state index contributed by atoms with van der Waals surface area (Å²) in [5, 5.41) is 9.62. The number of fused-ring (bicyclic) bond motifs is 2. The summed E-state index contributed by atoms with van der Waals surface area (Å²) in [6.45, 7) is 7.12. The van der Waals surface area contributed by atoms with Crippen molar-refractivity contribution in [1.29, 1.82) is 0 Å². The average molecular weight is 400 g/mol. The Bertz CT molecular complexity index is 799. The van der Waals surface area contributed by atoms with E-state index in [4.69, 9.17) is 5.10 Å². The van der Waals surface area contributed by atoms with Crippen molar-refractivity contribution in [2.24, 2.45) is 16.4 Å². The Morgan fingerprint density at radius 1 is 1.24 bits per heavy atom. The lowest BCUT2D eigenvalue weighted by Crippen LogP contribution is -2.56. The Hall–Kier alpha value is -1.91. The molecule has 1 N–H and O–H groups in total. The van der Waals surface area contributed by atoms with Crippen molar-refractivity contribution in [1.82, 2.24) is 10.3 Å². The van der Waals surface area contributed by atoms with Crippen LogP contribution in [0.1, 0.15) is 83.6 Å². The van der Waals surface area contributed by atoms with Gasteiger partial charge in [-0.3, -0.25) is 0 Å². The highest BCUT2D eigenvalue weighted by Gasteiger charge is 2.60. The van der Waals surface area contributed by atoms with Crippen LogP contribution < -0.4 is 5.32 Å². The fraction of sp³-hybridized carbons (Fsp3) is 0.667. The maximum atomic E-state index is 14.5. The first-order chi connectivity index (χ1) is 13.9. The summed E-state index contributed by atoms with van der Waals surface area (Å²) in [7, 11) is 0. The van der Waals surface area contributed by atoms with Crippen LogP contribution in [-0.2, 0) is 0 Å². The minimum Gasteiger partial charge on any atom is -0.331 e. The molecule has 0 spiro atoms. The van der Waals surface area contributed by atoms with Gasteiger partial charge in [-0.1, -0.05) is 44.9 Å². The molecule has 1 unspecified atom stereocenters. The second kappa shape index (κ2) is 7.73. The Balaban J connectivity index is 1.53. The number of carbonyl (C=O) groups is 1. The van der Waals surface area contributed by atoms with E-state index in [9.17, 15) is 9.18 Å². The fourth-order valence-corrected chi connectivity index (χ4v) is 5.87. The van der Waals surface area contributed by atoms with E-state index >= 15 is 0 Å². The van der Waals surface area contributed by atoms with Crippen LogP contribution in [0.3, 0.4) is 0 Å². The van der Waals surface area contributed by atoms with Crippen molar-refractivity contribution in [3.05, 3.63) is 35.6 Å². The molecule has 0 radical (unpaired) electrons. The van der Waals surface area contributed by atoms with Crippen molar-refractivity contribution in [2.45, 2.75) is 83.6 Å². The van der Waals surface area contributed by atoms with E-state index in [-0.39, 0.29) is 28.7 Å². The lowest BCUT2D eigenvalue weighted by atomic mass is 9.76. The number of urea groups is 1. The van der Waals surface area contributed by atoms with Crippen LogP contribution in [0.5, 0.6) is 0 Å². The van der Waals surface area contributed by atoms with E-state index in [1.54, 1.807) is 11.1 Å². The van der Waals surface area contributed by atoms with Gasteiger partial charge < -0.3 is 5.32 Å². The lowest BCUT2D eigenvalue weighted by molar-refractivity contribution is 0.148. The van der Waals surface area contributed by atoms with Gasteiger partial charge in [-0.05, 0) is 68.4 Å². The largest absolute Gasteiger partial charge is 0.338 e. The van der Waals surface area contributed by atoms with Gasteiger partial charge in [-0.25, -0.2) is 14.2 Å². The topological polar surface area (TPSA) is 44.7 Å². The van der Waals surface area contributed by atoms with E-state index in [0.717, 1.165) is 31.4 Å². The standard InChI is InChI=1S/C24H34FN3O/c1-4-5-6-11-21-19(18-9-7-8-10-20(18)25)16-28(27-21)22(29)26-24(3)17-12-14-23(24,2)15-13-17/h7-10,17,19H,4-6,11-16H2,1-3H3,(H,26,29)/t17-,19?,23+,24-/m0/s1. The highest BCUT2D eigenvalue weighted by molar-refractivity contribution is 5.94. The van der Waals surface area contributed by atoms with Crippen LogP contribution in [0.25, 0.3) is 0 Å². The maximum Gasteiger partial charge on any atom is 0.338 e. The molecule has 3 aliphatic rings. The molecule has 5 heteroatoms. The van der Waals surface area contributed by atoms with Crippen LogP contribution in [0, 0.1) is 17.2 Å². The van der Waals surface area contributed by atoms with Crippen molar-refractivity contribution < 1.29 is 9.18 Å². The summed E-state index contributed by atoms with van der Waals surface area (Å²) in [5.41, 5.74) is 1.59. The van der Waals surface area contributed by atoms with Crippen LogP contribution >= 0.6 is 0 Å². The van der Waals surface area contributed by atoms with Crippen molar-refractivity contribution in [3.8, 4) is 0 Å². The number of hydrazone groups is 1. The van der Waals surface area contributed by atoms with Gasteiger partial charge in [0.1, 0.15) is 5.82 Å². The second-order valence-electron chi connectivity index (χ2n) is 9.67. The molecule has 4 nitrogen and oxygen atoms in total. The van der Waals surface area contributed by atoms with Crippen LogP contribution in [0.4, 0.5) is 9.18 Å². The molecule has 4 rings (SSSR count). The number of halogens is 1. The first-order valence-corrected chi connectivity index (χ1v) is 11.3. The van der Waals surface area contributed by atoms with Crippen LogP contribution in [-0.4, -0.2) is 28.8 Å². The van der Waals surface area contributed by atoms with E-state index < -0.39 is 0 Å². The van der Waals surface area contributed by atoms with E-state index in [1.807, 2.05) is 12.1 Å². The van der Waals surface area contributed by atoms with E-state index in [0.29, 0.717) is 18.0 Å². The predicted molar refractivity (Wildman–Crippen MR) is 114 cm³/mol. The first kappa shape index (κ1) is 20.4. The third-order valence-electron chi connectivity index (χ3n) is 8.08. The normalized spacial score (nSPS) is 33.2. The predicted octanol–water partition coefficient (Wildman–Crippen LogP) is 5.84. The number of hydrogen-bond acceptors (Lipinski definition) is 2. The molecule has 29 heavy (non-hydrogen) atoms. The Labute approximate surface area is 173 Å². The van der Waals surface area contributed by atoms with Crippen LogP contribution in [0.2, 0.25) is 0 Å². The third-order valence-corrected chi connectivity index (χ3v) is 8.08. The quantitative estimate of drug-likeness (QED) is 0.600. The molecule has 2 fully saturated rings. The lowest BCUT2D eigenvalue weighted by Gasteiger charge is -2.39. The maximum absolute atomic E-state index is 14.5. The average Bonchev–Trinajstić information content (AvgIpc) is 3.30. The van der Waals surface area contributed by atoms with E-state index in [1.165, 1.54) is 31.7 Å². The Morgan fingerprint density at radius 3 is 2.59 bits per heavy atom. The Kier molecular flexibility index (Phi) is 5.43. The molecular weight excluding hydrogens is 365 g/mol. The zero-order valence-corrected chi connectivity index (χ0v) is 18.0. The molecule has 1 aliphatic heterocycles. The van der Waals surface area contributed by atoms with Gasteiger partial charge in [-0.15, -0.1) is 0 Å². The first-order valence-electron chi connectivity index (χ1n) is 11.3. The number of amides is 2. The minimum atomic E-state index is -0.212. The molecule has 2 aliphatic carbocycles. The molecule has 2 atom stereocenters. The van der Waals surface area contributed by atoms with Gasteiger partial charge >= 0.3 is 6.03 Å². The summed E-state index contributed by atoms with van der Waals surface area (Å²) in [6.07, 6.45) is 8.82. The number of rotatable bonds is 6. The van der Waals surface area contributed by atoms with Gasteiger partial charge in [0.2, 0.25) is 0 Å². The Morgan fingerprint density at radius 2 is 1.97 bits per heavy atom. The molecular formula is C24H34FN3O. The number of nitrogens with zero attached hydrogens (tertiary/aromatic N) is 2. The van der Waals surface area contributed by atoms with Crippen LogP contribution in [0.15, 0.2) is 29.4 Å². The number of nitrogens with one attached hydrogen (secondary N) is 1. The number of benzene rings is 1. The molecule has 2 bridgehead atoms. The highest BCUT2D eigenvalue weighted by Crippen LogP contribution is 2.60. The number of unbranched alkanes of at least 4 members (excludes halogenated alkanes) is 2. The molecule has 1 aromatic carbocycles. The highest BCUT2D eigenvalue weighted by atomic mass is 19.1. The molecule has 158 valence electrons. The molecule has 0 saturated heterocycles. The van der Waals surface area contributed by atoms with E-state index in [2.05, 4.69) is 26.1 Å². The smallest absolute Gasteiger partial charge is 0.331 e. The van der Waals surface area contributed by atoms with Gasteiger partial charge in [-0.2, -0.15) is 5.10 Å². The molecule has 1 aromatic rings. The van der Waals surface area contributed by atoms with Gasteiger partial charge in [0.15, 0.2) is 0 Å². The molecule has 2 amide bonds. The second-order valence-corrected chi connectivity index (χ2v) is 9.67. The SMILES string of the molecule is CCCCCC1=NN(C(=O)N[C@@]2(C)[C@H]3CC[C@]2(C)CC3)CC1c1ccccc1F. The van der Waals surface area contributed by atoms with Gasteiger partial charge in [0.05, 0.1) is 6.54 Å². The fourth-order valence-electron chi connectivity index (χ4n) is 5.87. The summed E-state index contributed by atoms with van der Waals surface area (Å²) in [6, 6.07) is 6.78. The summed E-state index contributed by atoms with van der Waals surface area (Å²) < 4.78 is 14.5. The minimum absolute atomic E-state index is 0.126. The summed E-state index contributed by atoms with van der Waals surface area (Å²) in [4.78, 5) is 13.2. The van der Waals surface area contributed by atoms with Crippen molar-refractivity contribution in [3.63, 3.8) is 0 Å². The monoisotopic (exact) mass is 399 g/mol. The van der Waals surface area contributed by atoms with Crippen molar-refractivity contribution >= 4 is 11.7 Å². The molecule has 1 heterocycles. The molecule has 2 saturated carbocycles. The zero-order chi connectivity index (χ0) is 20.6. The number of carbonyl (C=O) groups excluding carboxylic acids is 1. The summed E-state index contributed by atoms with van der Waals surface area (Å²) >= 11 is 0. The number of hydrogen-bond donors (Lipinski definition) is 1.